The number of benzene rings is 1. The Labute approximate surface area is 101 Å². The van der Waals surface area contributed by atoms with E-state index in [2.05, 4.69) is 20.1 Å². The lowest BCUT2D eigenvalue weighted by molar-refractivity contribution is -0.384. The third-order valence-electron chi connectivity index (χ3n) is 1.85. The molecule has 1 N–H and O–H groups in total. The highest BCUT2D eigenvalue weighted by Gasteiger charge is 2.14. The van der Waals surface area contributed by atoms with Crippen LogP contribution in [0.1, 0.15) is 6.92 Å². The third-order valence-corrected chi connectivity index (χ3v) is 1.85. The quantitative estimate of drug-likeness (QED) is 0.289. The zero-order valence-electron chi connectivity index (χ0n) is 9.36. The summed E-state index contributed by atoms with van der Waals surface area (Å²) in [6, 6.07) is 3.69. The van der Waals surface area contributed by atoms with Crippen molar-refractivity contribution in [1.29, 1.82) is 0 Å². The lowest BCUT2D eigenvalue weighted by Crippen LogP contribution is -2.13. The predicted molar refractivity (Wildman–Crippen MR) is 62.5 cm³/mol. The van der Waals surface area contributed by atoms with Crippen molar-refractivity contribution in [3.8, 4) is 0 Å². The minimum atomic E-state index is -0.719. The highest BCUT2D eigenvalue weighted by Crippen LogP contribution is 2.30. The van der Waals surface area contributed by atoms with Crippen LogP contribution in [0.3, 0.4) is 0 Å². The topological polar surface area (TPSA) is 130 Å². The SMILES string of the molecule is CCOC(=O)Nc1ccc(N=[N+]=[N-])c([N+](=O)[O-])c1. The Hall–Kier alpha value is -2.80. The highest BCUT2D eigenvalue weighted by molar-refractivity contribution is 5.85. The van der Waals surface area contributed by atoms with Gasteiger partial charge in [0.05, 0.1) is 17.2 Å². The van der Waals surface area contributed by atoms with E-state index in [1.807, 2.05) is 0 Å². The molecular weight excluding hydrogens is 242 g/mol. The number of nitrogens with zero attached hydrogens (tertiary/aromatic N) is 4. The van der Waals surface area contributed by atoms with Crippen molar-refractivity contribution in [3.63, 3.8) is 0 Å². The summed E-state index contributed by atoms with van der Waals surface area (Å²) in [5.41, 5.74) is 7.91. The van der Waals surface area contributed by atoms with E-state index in [9.17, 15) is 14.9 Å². The van der Waals surface area contributed by atoms with Crippen molar-refractivity contribution in [2.75, 3.05) is 11.9 Å². The van der Waals surface area contributed by atoms with Crippen molar-refractivity contribution in [1.82, 2.24) is 0 Å². The number of carbonyl (C=O) groups is 1. The van der Waals surface area contributed by atoms with Crippen LogP contribution in [0, 0.1) is 10.1 Å². The van der Waals surface area contributed by atoms with E-state index in [4.69, 9.17) is 5.53 Å². The number of hydrogen-bond donors (Lipinski definition) is 1. The van der Waals surface area contributed by atoms with E-state index < -0.39 is 16.7 Å². The molecular formula is C9H9N5O4. The number of azide groups is 1. The third kappa shape index (κ3) is 3.35. The molecule has 0 spiro atoms. The van der Waals surface area contributed by atoms with Crippen LogP contribution in [0.25, 0.3) is 10.4 Å². The standard InChI is InChI=1S/C9H9N5O4/c1-2-18-9(15)11-6-3-4-7(12-13-10)8(5-6)14(16)17/h3-5H,2H2,1H3,(H,11,15). The van der Waals surface area contributed by atoms with Gasteiger partial charge in [-0.25, -0.2) is 4.79 Å². The molecule has 0 aliphatic carbocycles. The van der Waals surface area contributed by atoms with E-state index in [-0.39, 0.29) is 18.0 Å². The minimum Gasteiger partial charge on any atom is -0.450 e. The molecule has 1 rings (SSSR count). The Morgan fingerprint density at radius 1 is 1.67 bits per heavy atom. The number of nitrogens with one attached hydrogen (secondary N) is 1. The molecule has 0 aliphatic rings. The molecule has 0 saturated carbocycles. The molecule has 1 aromatic rings. The number of nitro groups is 1. The van der Waals surface area contributed by atoms with Gasteiger partial charge in [0.1, 0.15) is 5.69 Å². The number of ether oxygens (including phenoxy) is 1. The zero-order chi connectivity index (χ0) is 13.5. The van der Waals surface area contributed by atoms with E-state index >= 15 is 0 Å². The average Bonchev–Trinajstić information content (AvgIpc) is 2.31. The predicted octanol–water partition coefficient (Wildman–Crippen LogP) is 3.11. The van der Waals surface area contributed by atoms with Gasteiger partial charge in [-0.05, 0) is 24.6 Å². The number of carbonyl (C=O) groups excluding carboxylic acids is 1. The maximum Gasteiger partial charge on any atom is 0.411 e. The number of amides is 1. The molecule has 94 valence electrons. The van der Waals surface area contributed by atoms with Crippen LogP contribution < -0.4 is 5.32 Å². The lowest BCUT2D eigenvalue weighted by atomic mass is 10.2. The first-order valence-corrected chi connectivity index (χ1v) is 4.85. The fourth-order valence-electron chi connectivity index (χ4n) is 1.17. The molecule has 0 aromatic heterocycles. The normalized spacial score (nSPS) is 9.17. The van der Waals surface area contributed by atoms with Gasteiger partial charge in [0, 0.05) is 11.0 Å². The lowest BCUT2D eigenvalue weighted by Gasteiger charge is -2.05. The summed E-state index contributed by atoms with van der Waals surface area (Å²) < 4.78 is 4.62. The van der Waals surface area contributed by atoms with Crippen molar-refractivity contribution >= 4 is 23.2 Å². The summed E-state index contributed by atoms with van der Waals surface area (Å²) in [4.78, 5) is 23.6. The number of nitro benzene ring substituents is 1. The van der Waals surface area contributed by atoms with Crippen LogP contribution in [0.2, 0.25) is 0 Å². The number of hydrogen-bond acceptors (Lipinski definition) is 5. The van der Waals surface area contributed by atoms with Gasteiger partial charge in [0.2, 0.25) is 0 Å². The van der Waals surface area contributed by atoms with Gasteiger partial charge in [-0.1, -0.05) is 5.11 Å². The van der Waals surface area contributed by atoms with Crippen LogP contribution >= 0.6 is 0 Å². The zero-order valence-corrected chi connectivity index (χ0v) is 9.36. The second kappa shape index (κ2) is 6.06. The summed E-state index contributed by atoms with van der Waals surface area (Å²) in [5.74, 6) is 0. The van der Waals surface area contributed by atoms with Crippen molar-refractivity contribution in [3.05, 3.63) is 38.8 Å². The summed E-state index contributed by atoms with van der Waals surface area (Å²) in [6.07, 6.45) is -0.719. The average molecular weight is 251 g/mol. The molecule has 1 amide bonds. The molecule has 1 aromatic carbocycles. The summed E-state index contributed by atoms with van der Waals surface area (Å²) in [5, 5.41) is 16.2. The van der Waals surface area contributed by atoms with Gasteiger partial charge in [0.25, 0.3) is 5.69 Å². The second-order valence-electron chi connectivity index (χ2n) is 3.00. The molecule has 0 bridgehead atoms. The van der Waals surface area contributed by atoms with Gasteiger partial charge in [-0.3, -0.25) is 15.4 Å². The van der Waals surface area contributed by atoms with Crippen LogP contribution in [0.15, 0.2) is 23.3 Å². The molecule has 0 saturated heterocycles. The first-order valence-electron chi connectivity index (χ1n) is 4.85. The van der Waals surface area contributed by atoms with Crippen molar-refractivity contribution < 1.29 is 14.5 Å². The molecule has 0 heterocycles. The fraction of sp³-hybridized carbons (Fsp3) is 0.222. The molecule has 0 radical (unpaired) electrons. The summed E-state index contributed by atoms with van der Waals surface area (Å²) in [6.45, 7) is 1.82. The molecule has 18 heavy (non-hydrogen) atoms. The molecule has 9 heteroatoms. The number of rotatable bonds is 4. The Bertz CT molecular complexity index is 524. The van der Waals surface area contributed by atoms with Gasteiger partial charge >= 0.3 is 6.09 Å². The molecule has 0 unspecified atom stereocenters. The number of anilines is 1. The maximum atomic E-state index is 11.1. The first-order chi connectivity index (χ1) is 8.58. The molecule has 0 atom stereocenters. The van der Waals surface area contributed by atoms with Gasteiger partial charge < -0.3 is 4.74 Å². The second-order valence-corrected chi connectivity index (χ2v) is 3.00. The first kappa shape index (κ1) is 13.3. The summed E-state index contributed by atoms with van der Waals surface area (Å²) in [7, 11) is 0. The van der Waals surface area contributed by atoms with E-state index in [1.54, 1.807) is 6.92 Å². The van der Waals surface area contributed by atoms with Crippen LogP contribution in [0.4, 0.5) is 21.9 Å². The van der Waals surface area contributed by atoms with Crippen molar-refractivity contribution in [2.45, 2.75) is 6.92 Å². The van der Waals surface area contributed by atoms with E-state index in [0.29, 0.717) is 0 Å². The Morgan fingerprint density at radius 3 is 2.94 bits per heavy atom. The molecule has 9 nitrogen and oxygen atoms in total. The van der Waals surface area contributed by atoms with Gasteiger partial charge in [0.15, 0.2) is 0 Å². The molecule has 0 aliphatic heterocycles. The fourth-order valence-corrected chi connectivity index (χ4v) is 1.17. The smallest absolute Gasteiger partial charge is 0.411 e. The largest absolute Gasteiger partial charge is 0.450 e. The minimum absolute atomic E-state index is 0.128. The molecule has 0 fully saturated rings. The van der Waals surface area contributed by atoms with Crippen molar-refractivity contribution in [2.24, 2.45) is 5.11 Å². The monoisotopic (exact) mass is 251 g/mol. The Kier molecular flexibility index (Phi) is 4.47. The Morgan fingerprint density at radius 2 is 2.39 bits per heavy atom. The maximum absolute atomic E-state index is 11.1. The van der Waals surface area contributed by atoms with Gasteiger partial charge in [-0.15, -0.1) is 0 Å². The van der Waals surface area contributed by atoms with Crippen LogP contribution in [0.5, 0.6) is 0 Å². The van der Waals surface area contributed by atoms with Gasteiger partial charge in [-0.2, -0.15) is 0 Å². The van der Waals surface area contributed by atoms with Crippen LogP contribution in [-0.2, 0) is 4.74 Å². The van der Waals surface area contributed by atoms with E-state index in [0.717, 1.165) is 6.07 Å². The summed E-state index contributed by atoms with van der Waals surface area (Å²) >= 11 is 0. The Balaban J connectivity index is 3.03. The highest BCUT2D eigenvalue weighted by atomic mass is 16.6. The van der Waals surface area contributed by atoms with E-state index in [1.165, 1.54) is 12.1 Å². The van der Waals surface area contributed by atoms with Crippen LogP contribution in [-0.4, -0.2) is 17.6 Å².